The van der Waals surface area contributed by atoms with Gasteiger partial charge in [-0.15, -0.1) is 0 Å². The van der Waals surface area contributed by atoms with Crippen molar-refractivity contribution in [2.45, 2.75) is 33.1 Å². The van der Waals surface area contributed by atoms with Crippen LogP contribution in [0.2, 0.25) is 0 Å². The standard InChI is InChI=1S/C10H14BrCl/c1-8-5-3-4-6-10(8,2)7-9(11)12/h5,7H,3-4,6H2,1-2H3/b9-7+. The van der Waals surface area contributed by atoms with Crippen LogP contribution in [0.4, 0.5) is 0 Å². The van der Waals surface area contributed by atoms with Crippen LogP contribution >= 0.6 is 27.5 Å². The molecule has 1 atom stereocenters. The van der Waals surface area contributed by atoms with Crippen molar-refractivity contribution in [1.82, 2.24) is 0 Å². The monoisotopic (exact) mass is 248 g/mol. The lowest BCUT2D eigenvalue weighted by Crippen LogP contribution is -2.17. The average Bonchev–Trinajstić information content (AvgIpc) is 1.94. The molecule has 0 fully saturated rings. The second-order valence-electron chi connectivity index (χ2n) is 3.63. The molecule has 1 rings (SSSR count). The number of rotatable bonds is 1. The van der Waals surface area contributed by atoms with Crippen LogP contribution in [0.15, 0.2) is 21.7 Å². The van der Waals surface area contributed by atoms with Gasteiger partial charge in [0, 0.05) is 5.41 Å². The summed E-state index contributed by atoms with van der Waals surface area (Å²) in [6, 6.07) is 0. The molecule has 1 aliphatic rings. The van der Waals surface area contributed by atoms with Crippen LogP contribution < -0.4 is 0 Å². The van der Waals surface area contributed by atoms with Gasteiger partial charge >= 0.3 is 0 Å². The molecule has 2 heteroatoms. The van der Waals surface area contributed by atoms with E-state index >= 15 is 0 Å². The number of hydrogen-bond acceptors (Lipinski definition) is 0. The van der Waals surface area contributed by atoms with Crippen molar-refractivity contribution in [2.24, 2.45) is 5.41 Å². The molecule has 0 spiro atoms. The van der Waals surface area contributed by atoms with Gasteiger partial charge in [0.15, 0.2) is 0 Å². The van der Waals surface area contributed by atoms with Gasteiger partial charge in [-0.05, 0) is 48.2 Å². The van der Waals surface area contributed by atoms with Crippen LogP contribution in [-0.2, 0) is 0 Å². The van der Waals surface area contributed by atoms with Gasteiger partial charge in [0.2, 0.25) is 0 Å². The fraction of sp³-hybridized carbons (Fsp3) is 0.600. The molecule has 0 aromatic heterocycles. The molecule has 1 unspecified atom stereocenters. The van der Waals surface area contributed by atoms with Gasteiger partial charge in [0.1, 0.15) is 0 Å². The third kappa shape index (κ3) is 2.37. The van der Waals surface area contributed by atoms with Crippen LogP contribution in [-0.4, -0.2) is 0 Å². The molecule has 0 N–H and O–H groups in total. The summed E-state index contributed by atoms with van der Waals surface area (Å²) in [5.74, 6) is 0. The van der Waals surface area contributed by atoms with Crippen LogP contribution in [0, 0.1) is 5.41 Å². The van der Waals surface area contributed by atoms with Gasteiger partial charge in [-0.1, -0.05) is 30.2 Å². The molecule has 0 saturated carbocycles. The summed E-state index contributed by atoms with van der Waals surface area (Å²) < 4.78 is 0.722. The molecule has 12 heavy (non-hydrogen) atoms. The summed E-state index contributed by atoms with van der Waals surface area (Å²) in [6.45, 7) is 4.42. The summed E-state index contributed by atoms with van der Waals surface area (Å²) in [7, 11) is 0. The lowest BCUT2D eigenvalue weighted by Gasteiger charge is -2.30. The lowest BCUT2D eigenvalue weighted by atomic mass is 9.75. The fourth-order valence-corrected chi connectivity index (χ4v) is 2.39. The summed E-state index contributed by atoms with van der Waals surface area (Å²) in [5.41, 5.74) is 1.62. The molecule has 0 saturated heterocycles. The van der Waals surface area contributed by atoms with Crippen molar-refractivity contribution >= 4 is 27.5 Å². The van der Waals surface area contributed by atoms with E-state index in [1.807, 2.05) is 0 Å². The predicted molar refractivity (Wildman–Crippen MR) is 58.6 cm³/mol. The molecule has 0 amide bonds. The highest BCUT2D eigenvalue weighted by Crippen LogP contribution is 2.40. The topological polar surface area (TPSA) is 0 Å². The van der Waals surface area contributed by atoms with Crippen LogP contribution in [0.25, 0.3) is 0 Å². The van der Waals surface area contributed by atoms with E-state index in [4.69, 9.17) is 11.6 Å². The van der Waals surface area contributed by atoms with Crippen LogP contribution in [0.1, 0.15) is 33.1 Å². The molecule has 1 aliphatic carbocycles. The van der Waals surface area contributed by atoms with Gasteiger partial charge in [-0.3, -0.25) is 0 Å². The Hall–Kier alpha value is 0.250. The van der Waals surface area contributed by atoms with E-state index in [2.05, 4.69) is 41.9 Å². The highest BCUT2D eigenvalue weighted by Gasteiger charge is 2.25. The van der Waals surface area contributed by atoms with Crippen molar-refractivity contribution in [3.05, 3.63) is 21.7 Å². The van der Waals surface area contributed by atoms with Gasteiger partial charge in [0.25, 0.3) is 0 Å². The Bertz CT molecular complexity index is 226. The average molecular weight is 250 g/mol. The minimum absolute atomic E-state index is 0.179. The van der Waals surface area contributed by atoms with Crippen molar-refractivity contribution in [3.63, 3.8) is 0 Å². The van der Waals surface area contributed by atoms with Gasteiger partial charge in [-0.25, -0.2) is 0 Å². The van der Waals surface area contributed by atoms with Gasteiger partial charge in [0.05, 0.1) is 3.94 Å². The maximum atomic E-state index is 5.82. The second-order valence-corrected chi connectivity index (χ2v) is 5.35. The van der Waals surface area contributed by atoms with Gasteiger partial charge < -0.3 is 0 Å². The van der Waals surface area contributed by atoms with E-state index in [1.165, 1.54) is 24.8 Å². The number of hydrogen-bond donors (Lipinski definition) is 0. The zero-order chi connectivity index (χ0) is 9.19. The number of allylic oxidation sites excluding steroid dienone is 3. The van der Waals surface area contributed by atoms with E-state index in [0.717, 1.165) is 3.94 Å². The second kappa shape index (κ2) is 3.97. The van der Waals surface area contributed by atoms with Gasteiger partial charge in [-0.2, -0.15) is 0 Å². The zero-order valence-electron chi connectivity index (χ0n) is 7.53. The van der Waals surface area contributed by atoms with Crippen molar-refractivity contribution < 1.29 is 0 Å². The third-order valence-electron chi connectivity index (χ3n) is 2.68. The molecular weight excluding hydrogens is 235 g/mol. The van der Waals surface area contributed by atoms with E-state index in [9.17, 15) is 0 Å². The summed E-state index contributed by atoms with van der Waals surface area (Å²) >= 11 is 9.09. The zero-order valence-corrected chi connectivity index (χ0v) is 9.87. The Morgan fingerprint density at radius 1 is 1.75 bits per heavy atom. The predicted octanol–water partition coefficient (Wildman–Crippen LogP) is 4.60. The molecular formula is C10H14BrCl. The van der Waals surface area contributed by atoms with E-state index in [1.54, 1.807) is 0 Å². The molecule has 0 bridgehead atoms. The van der Waals surface area contributed by atoms with Crippen molar-refractivity contribution in [1.29, 1.82) is 0 Å². The van der Waals surface area contributed by atoms with E-state index < -0.39 is 0 Å². The Labute approximate surface area is 87.8 Å². The van der Waals surface area contributed by atoms with E-state index in [0.29, 0.717) is 0 Å². The molecule has 0 radical (unpaired) electrons. The maximum absolute atomic E-state index is 5.82. The summed E-state index contributed by atoms with van der Waals surface area (Å²) in [5, 5.41) is 0. The largest absolute Gasteiger partial charge is 0.0847 e. The Kier molecular flexibility index (Phi) is 3.42. The molecule has 0 aliphatic heterocycles. The minimum atomic E-state index is 0.179. The molecule has 0 aromatic rings. The molecule has 0 aromatic carbocycles. The smallest absolute Gasteiger partial charge is 0.0802 e. The maximum Gasteiger partial charge on any atom is 0.0802 e. The molecule has 68 valence electrons. The van der Waals surface area contributed by atoms with Crippen LogP contribution in [0.5, 0.6) is 0 Å². The minimum Gasteiger partial charge on any atom is -0.0847 e. The Morgan fingerprint density at radius 3 is 2.92 bits per heavy atom. The number of halogens is 2. The quantitative estimate of drug-likeness (QED) is 0.596. The first-order valence-electron chi connectivity index (χ1n) is 4.26. The first kappa shape index (κ1) is 10.3. The highest BCUT2D eigenvalue weighted by atomic mass is 79.9. The van der Waals surface area contributed by atoms with E-state index in [-0.39, 0.29) is 5.41 Å². The molecule has 0 nitrogen and oxygen atoms in total. The summed E-state index contributed by atoms with van der Waals surface area (Å²) in [4.78, 5) is 0. The Balaban J connectivity index is 2.89. The first-order chi connectivity index (χ1) is 5.54. The van der Waals surface area contributed by atoms with Crippen molar-refractivity contribution in [2.75, 3.05) is 0 Å². The normalized spacial score (nSPS) is 31.7. The summed E-state index contributed by atoms with van der Waals surface area (Å²) in [6.07, 6.45) is 8.10. The SMILES string of the molecule is CC1=CCCCC1(C)/C=C(/Cl)Br. The first-order valence-corrected chi connectivity index (χ1v) is 5.43. The highest BCUT2D eigenvalue weighted by molar-refractivity contribution is 9.12. The Morgan fingerprint density at radius 2 is 2.42 bits per heavy atom. The van der Waals surface area contributed by atoms with Crippen LogP contribution in [0.3, 0.4) is 0 Å². The third-order valence-corrected chi connectivity index (χ3v) is 3.02. The van der Waals surface area contributed by atoms with Crippen molar-refractivity contribution in [3.8, 4) is 0 Å². The lowest BCUT2D eigenvalue weighted by molar-refractivity contribution is 0.429. The fourth-order valence-electron chi connectivity index (χ4n) is 1.65. The molecule has 0 heterocycles.